The molecule has 0 radical (unpaired) electrons. The molecule has 0 amide bonds. The van der Waals surface area contributed by atoms with Crippen LogP contribution in [0.5, 0.6) is 5.75 Å². The number of ether oxygens (including phenoxy) is 2. The van der Waals surface area contributed by atoms with Gasteiger partial charge >= 0.3 is 0 Å². The van der Waals surface area contributed by atoms with E-state index in [1.165, 1.54) is 36.8 Å². The monoisotopic (exact) mass is 320 g/mol. The second kappa shape index (κ2) is 10.6. The molecule has 0 atom stereocenters. The molecule has 2 rings (SSSR count). The minimum absolute atomic E-state index is 0.835. The number of hydrogen-bond acceptors (Lipinski definition) is 4. The van der Waals surface area contributed by atoms with Crippen LogP contribution in [0.25, 0.3) is 0 Å². The third-order valence-corrected chi connectivity index (χ3v) is 4.38. The van der Waals surface area contributed by atoms with Gasteiger partial charge in [0.05, 0.1) is 20.3 Å². The van der Waals surface area contributed by atoms with Crippen LogP contribution < -0.4 is 10.1 Å². The van der Waals surface area contributed by atoms with Crippen molar-refractivity contribution in [1.29, 1.82) is 0 Å². The lowest BCUT2D eigenvalue weighted by molar-refractivity contribution is 0.0339. The van der Waals surface area contributed by atoms with E-state index in [1.807, 2.05) is 0 Å². The minimum Gasteiger partial charge on any atom is -0.496 e. The molecule has 0 aliphatic carbocycles. The van der Waals surface area contributed by atoms with E-state index in [0.29, 0.717) is 0 Å². The summed E-state index contributed by atoms with van der Waals surface area (Å²) in [6, 6.07) is 6.55. The predicted molar refractivity (Wildman–Crippen MR) is 94.9 cm³/mol. The van der Waals surface area contributed by atoms with E-state index in [4.69, 9.17) is 9.47 Å². The van der Waals surface area contributed by atoms with Crippen molar-refractivity contribution in [3.05, 3.63) is 29.3 Å². The Morgan fingerprint density at radius 3 is 2.74 bits per heavy atom. The fraction of sp³-hybridized carbons (Fsp3) is 0.684. The van der Waals surface area contributed by atoms with Crippen LogP contribution in [-0.2, 0) is 17.8 Å². The first kappa shape index (κ1) is 18.2. The van der Waals surface area contributed by atoms with Crippen molar-refractivity contribution in [2.24, 2.45) is 0 Å². The number of unbranched alkanes of at least 4 members (excludes halogenated alkanes) is 3. The molecule has 0 aromatic heterocycles. The maximum atomic E-state index is 5.53. The van der Waals surface area contributed by atoms with Crippen molar-refractivity contribution >= 4 is 0 Å². The first-order valence-corrected chi connectivity index (χ1v) is 9.00. The second-order valence-corrected chi connectivity index (χ2v) is 6.27. The van der Waals surface area contributed by atoms with Crippen LogP contribution in [0.1, 0.15) is 43.7 Å². The lowest BCUT2D eigenvalue weighted by Gasteiger charge is -2.27. The Morgan fingerprint density at radius 2 is 2.00 bits per heavy atom. The summed E-state index contributed by atoms with van der Waals surface area (Å²) in [6.07, 6.45) is 5.23. The molecular weight excluding hydrogens is 288 g/mol. The standard InChI is InChI=1S/C19H32N2O2/c1-3-4-5-6-9-20-15-17-7-8-19(22-2)18(14-17)16-21-10-12-23-13-11-21/h7-8,14,20H,3-6,9-13,15-16H2,1-2H3. The summed E-state index contributed by atoms with van der Waals surface area (Å²) in [4.78, 5) is 2.43. The van der Waals surface area contributed by atoms with Crippen LogP contribution in [0.4, 0.5) is 0 Å². The van der Waals surface area contributed by atoms with E-state index in [0.717, 1.165) is 51.7 Å². The Balaban J connectivity index is 1.84. The molecule has 1 aliphatic rings. The molecule has 0 bridgehead atoms. The van der Waals surface area contributed by atoms with Gasteiger partial charge in [0.25, 0.3) is 0 Å². The second-order valence-electron chi connectivity index (χ2n) is 6.27. The van der Waals surface area contributed by atoms with Gasteiger partial charge in [-0.2, -0.15) is 0 Å². The summed E-state index contributed by atoms with van der Waals surface area (Å²) in [6.45, 7) is 8.91. The maximum Gasteiger partial charge on any atom is 0.123 e. The van der Waals surface area contributed by atoms with E-state index >= 15 is 0 Å². The molecule has 0 unspecified atom stereocenters. The molecule has 23 heavy (non-hydrogen) atoms. The number of methoxy groups -OCH3 is 1. The van der Waals surface area contributed by atoms with Crippen molar-refractivity contribution < 1.29 is 9.47 Å². The van der Waals surface area contributed by atoms with Crippen LogP contribution in [0.2, 0.25) is 0 Å². The van der Waals surface area contributed by atoms with Crippen molar-refractivity contribution in [3.8, 4) is 5.75 Å². The zero-order valence-electron chi connectivity index (χ0n) is 14.8. The van der Waals surface area contributed by atoms with E-state index in [1.54, 1.807) is 7.11 Å². The molecular formula is C19H32N2O2. The van der Waals surface area contributed by atoms with Gasteiger partial charge in [-0.1, -0.05) is 32.3 Å². The highest BCUT2D eigenvalue weighted by Gasteiger charge is 2.13. The Hall–Kier alpha value is -1.10. The fourth-order valence-corrected chi connectivity index (χ4v) is 2.98. The molecule has 0 spiro atoms. The zero-order chi connectivity index (χ0) is 16.3. The smallest absolute Gasteiger partial charge is 0.123 e. The summed E-state index contributed by atoms with van der Waals surface area (Å²) in [5.41, 5.74) is 2.62. The molecule has 4 heteroatoms. The Bertz CT molecular complexity index is 445. The summed E-state index contributed by atoms with van der Waals surface area (Å²) >= 11 is 0. The van der Waals surface area contributed by atoms with Crippen LogP contribution in [-0.4, -0.2) is 44.9 Å². The number of morpholine rings is 1. The van der Waals surface area contributed by atoms with Gasteiger partial charge in [0.1, 0.15) is 5.75 Å². The lowest BCUT2D eigenvalue weighted by atomic mass is 10.1. The molecule has 1 heterocycles. The third-order valence-electron chi connectivity index (χ3n) is 4.38. The average molecular weight is 320 g/mol. The van der Waals surface area contributed by atoms with Crippen molar-refractivity contribution in [2.45, 2.75) is 45.7 Å². The SMILES string of the molecule is CCCCCCNCc1ccc(OC)c(CN2CCOCC2)c1. The molecule has 1 aromatic rings. The van der Waals surface area contributed by atoms with Crippen LogP contribution in [0, 0.1) is 0 Å². The van der Waals surface area contributed by atoms with Gasteiger partial charge in [-0.3, -0.25) is 4.90 Å². The van der Waals surface area contributed by atoms with Crippen LogP contribution in [0.15, 0.2) is 18.2 Å². The molecule has 1 fully saturated rings. The number of rotatable bonds is 10. The molecule has 1 N–H and O–H groups in total. The number of hydrogen-bond donors (Lipinski definition) is 1. The highest BCUT2D eigenvalue weighted by molar-refractivity contribution is 5.37. The fourth-order valence-electron chi connectivity index (χ4n) is 2.98. The van der Waals surface area contributed by atoms with E-state index in [-0.39, 0.29) is 0 Å². The normalized spacial score (nSPS) is 15.7. The molecule has 1 aliphatic heterocycles. The number of benzene rings is 1. The largest absolute Gasteiger partial charge is 0.496 e. The molecule has 1 aromatic carbocycles. The molecule has 0 saturated carbocycles. The first-order chi connectivity index (χ1) is 11.3. The highest BCUT2D eigenvalue weighted by Crippen LogP contribution is 2.22. The quantitative estimate of drug-likeness (QED) is 0.671. The predicted octanol–water partition coefficient (Wildman–Crippen LogP) is 3.20. The summed E-state index contributed by atoms with van der Waals surface area (Å²) in [5, 5.41) is 3.55. The van der Waals surface area contributed by atoms with Gasteiger partial charge in [-0.25, -0.2) is 0 Å². The first-order valence-electron chi connectivity index (χ1n) is 9.00. The molecule has 130 valence electrons. The number of nitrogens with one attached hydrogen (secondary N) is 1. The minimum atomic E-state index is 0.835. The van der Waals surface area contributed by atoms with Crippen LogP contribution in [0.3, 0.4) is 0 Å². The third kappa shape index (κ3) is 6.50. The Morgan fingerprint density at radius 1 is 1.17 bits per heavy atom. The average Bonchev–Trinajstić information content (AvgIpc) is 2.59. The van der Waals surface area contributed by atoms with Gasteiger partial charge < -0.3 is 14.8 Å². The number of nitrogens with zero attached hydrogens (tertiary/aromatic N) is 1. The van der Waals surface area contributed by atoms with E-state index in [9.17, 15) is 0 Å². The van der Waals surface area contributed by atoms with Gasteiger partial charge in [0, 0.05) is 31.7 Å². The van der Waals surface area contributed by atoms with E-state index in [2.05, 4.69) is 35.3 Å². The molecule has 1 saturated heterocycles. The molecule has 4 nitrogen and oxygen atoms in total. The zero-order valence-corrected chi connectivity index (χ0v) is 14.8. The van der Waals surface area contributed by atoms with Gasteiger partial charge in [-0.15, -0.1) is 0 Å². The van der Waals surface area contributed by atoms with Crippen molar-refractivity contribution in [2.75, 3.05) is 40.0 Å². The van der Waals surface area contributed by atoms with E-state index < -0.39 is 0 Å². The van der Waals surface area contributed by atoms with Gasteiger partial charge in [0.2, 0.25) is 0 Å². The van der Waals surface area contributed by atoms with Gasteiger partial charge in [-0.05, 0) is 30.7 Å². The summed E-state index contributed by atoms with van der Waals surface area (Å²) < 4.78 is 11.0. The Kier molecular flexibility index (Phi) is 8.43. The van der Waals surface area contributed by atoms with Gasteiger partial charge in [0.15, 0.2) is 0 Å². The van der Waals surface area contributed by atoms with Crippen molar-refractivity contribution in [3.63, 3.8) is 0 Å². The Labute approximate surface area is 141 Å². The highest BCUT2D eigenvalue weighted by atomic mass is 16.5. The van der Waals surface area contributed by atoms with Crippen molar-refractivity contribution in [1.82, 2.24) is 10.2 Å². The topological polar surface area (TPSA) is 33.7 Å². The van der Waals surface area contributed by atoms with Crippen LogP contribution >= 0.6 is 0 Å². The lowest BCUT2D eigenvalue weighted by Crippen LogP contribution is -2.35. The summed E-state index contributed by atoms with van der Waals surface area (Å²) in [7, 11) is 1.75. The summed E-state index contributed by atoms with van der Waals surface area (Å²) in [5.74, 6) is 0.989. The maximum absolute atomic E-state index is 5.53.